The number of aromatic nitrogens is 1. The maximum Gasteiger partial charge on any atom is 0.338 e. The normalized spacial score (nSPS) is 10.6. The van der Waals surface area contributed by atoms with Gasteiger partial charge < -0.3 is 10.1 Å². The van der Waals surface area contributed by atoms with Crippen LogP contribution >= 0.6 is 23.6 Å². The average Bonchev–Trinajstić information content (AvgIpc) is 3.02. The monoisotopic (exact) mass is 399 g/mol. The van der Waals surface area contributed by atoms with E-state index < -0.39 is 0 Å². The molecule has 1 amide bonds. The van der Waals surface area contributed by atoms with Crippen LogP contribution in [0.3, 0.4) is 0 Å². The van der Waals surface area contributed by atoms with Crippen LogP contribution in [-0.4, -0.2) is 28.1 Å². The lowest BCUT2D eigenvalue weighted by Crippen LogP contribution is -2.34. The molecule has 1 aromatic heterocycles. The van der Waals surface area contributed by atoms with Crippen LogP contribution < -0.4 is 10.6 Å². The summed E-state index contributed by atoms with van der Waals surface area (Å²) in [5.74, 6) is -0.673. The number of benzene rings is 2. The second-order valence-electron chi connectivity index (χ2n) is 5.93. The van der Waals surface area contributed by atoms with Gasteiger partial charge in [-0.15, -0.1) is 0 Å². The Balaban J connectivity index is 1.69. The van der Waals surface area contributed by atoms with Crippen molar-refractivity contribution in [1.82, 2.24) is 10.3 Å². The molecule has 0 unspecified atom stereocenters. The molecule has 6 nitrogen and oxygen atoms in total. The summed E-state index contributed by atoms with van der Waals surface area (Å²) in [5.41, 5.74) is 1.70. The van der Waals surface area contributed by atoms with Crippen LogP contribution in [0.15, 0.2) is 48.5 Å². The van der Waals surface area contributed by atoms with Crippen LogP contribution in [0.1, 0.15) is 34.6 Å². The van der Waals surface area contributed by atoms with Crippen molar-refractivity contribution in [3.63, 3.8) is 0 Å². The third-order valence-corrected chi connectivity index (χ3v) is 4.59. The zero-order valence-corrected chi connectivity index (χ0v) is 16.3. The largest absolute Gasteiger partial charge is 0.459 e. The Morgan fingerprint density at radius 1 is 1.11 bits per heavy atom. The van der Waals surface area contributed by atoms with E-state index in [2.05, 4.69) is 15.6 Å². The molecular formula is C19H17N3O3S2. The summed E-state index contributed by atoms with van der Waals surface area (Å²) in [5, 5.41) is 6.20. The predicted octanol–water partition coefficient (Wildman–Crippen LogP) is 3.99. The van der Waals surface area contributed by atoms with Crippen LogP contribution in [0.25, 0.3) is 10.2 Å². The van der Waals surface area contributed by atoms with Crippen molar-refractivity contribution in [2.45, 2.75) is 20.0 Å². The molecule has 0 aliphatic rings. The van der Waals surface area contributed by atoms with E-state index in [-0.39, 0.29) is 23.1 Å². The minimum Gasteiger partial charge on any atom is -0.459 e. The van der Waals surface area contributed by atoms with Crippen LogP contribution in [0.2, 0.25) is 0 Å². The van der Waals surface area contributed by atoms with Gasteiger partial charge in [0.05, 0.1) is 21.9 Å². The number of ether oxygens (including phenoxy) is 1. The molecule has 0 aliphatic carbocycles. The quantitative estimate of drug-likeness (QED) is 0.510. The number of carbonyl (C=O) groups excluding carboxylic acids is 2. The molecule has 2 aromatic carbocycles. The molecule has 8 heteroatoms. The Kier molecular flexibility index (Phi) is 5.78. The van der Waals surface area contributed by atoms with Gasteiger partial charge in [-0.3, -0.25) is 10.1 Å². The van der Waals surface area contributed by atoms with E-state index in [9.17, 15) is 9.59 Å². The predicted molar refractivity (Wildman–Crippen MR) is 110 cm³/mol. The summed E-state index contributed by atoms with van der Waals surface area (Å²) in [4.78, 5) is 28.5. The molecule has 2 N–H and O–H groups in total. The van der Waals surface area contributed by atoms with E-state index in [0.29, 0.717) is 16.3 Å². The van der Waals surface area contributed by atoms with E-state index in [1.165, 1.54) is 11.3 Å². The van der Waals surface area contributed by atoms with Crippen LogP contribution in [0, 0.1) is 0 Å². The number of fused-ring (bicyclic) bond motifs is 1. The Labute approximate surface area is 165 Å². The Morgan fingerprint density at radius 2 is 1.85 bits per heavy atom. The zero-order valence-electron chi connectivity index (χ0n) is 14.7. The number of thiocarbonyl (C=S) groups is 1. The Morgan fingerprint density at radius 3 is 2.56 bits per heavy atom. The summed E-state index contributed by atoms with van der Waals surface area (Å²) < 4.78 is 6.02. The minimum atomic E-state index is -0.375. The van der Waals surface area contributed by atoms with Gasteiger partial charge in [-0.2, -0.15) is 0 Å². The molecule has 3 rings (SSSR count). The number of nitrogens with zero attached hydrogens (tertiary/aromatic N) is 1. The van der Waals surface area contributed by atoms with Crippen molar-refractivity contribution in [1.29, 1.82) is 0 Å². The van der Waals surface area contributed by atoms with Crippen molar-refractivity contribution in [2.75, 3.05) is 5.32 Å². The first kappa shape index (κ1) is 18.9. The maximum atomic E-state index is 12.1. The lowest BCUT2D eigenvalue weighted by molar-refractivity contribution is 0.0378. The number of nitrogens with one attached hydrogen (secondary N) is 2. The molecule has 0 atom stereocenters. The van der Waals surface area contributed by atoms with Crippen molar-refractivity contribution in [3.05, 3.63) is 59.7 Å². The fourth-order valence-corrected chi connectivity index (χ4v) is 3.44. The summed E-state index contributed by atoms with van der Waals surface area (Å²) in [6, 6.07) is 13.9. The third-order valence-electron chi connectivity index (χ3n) is 3.45. The fraction of sp³-hybridized carbons (Fsp3) is 0.158. The first-order valence-electron chi connectivity index (χ1n) is 8.21. The molecule has 0 bridgehead atoms. The number of thiazole rings is 1. The SMILES string of the molecule is CC(C)OC(=O)c1ccc2nc(NC(=S)NC(=O)c3ccccc3)sc2c1. The number of rotatable bonds is 4. The van der Waals surface area contributed by atoms with Gasteiger partial charge in [-0.05, 0) is 56.4 Å². The molecular weight excluding hydrogens is 382 g/mol. The number of esters is 1. The van der Waals surface area contributed by atoms with E-state index in [1.54, 1.807) is 56.3 Å². The van der Waals surface area contributed by atoms with Crippen molar-refractivity contribution in [2.24, 2.45) is 0 Å². The van der Waals surface area contributed by atoms with Crippen LogP contribution in [0.4, 0.5) is 5.13 Å². The Bertz CT molecular complexity index is 1000. The van der Waals surface area contributed by atoms with Gasteiger partial charge in [-0.1, -0.05) is 29.5 Å². The van der Waals surface area contributed by atoms with E-state index in [0.717, 1.165) is 10.2 Å². The first-order valence-corrected chi connectivity index (χ1v) is 9.44. The summed E-state index contributed by atoms with van der Waals surface area (Å²) in [7, 11) is 0. The second-order valence-corrected chi connectivity index (χ2v) is 7.37. The average molecular weight is 399 g/mol. The smallest absolute Gasteiger partial charge is 0.338 e. The Hall–Kier alpha value is -2.84. The molecule has 27 heavy (non-hydrogen) atoms. The molecule has 138 valence electrons. The van der Waals surface area contributed by atoms with Gasteiger partial charge in [0.25, 0.3) is 5.91 Å². The zero-order chi connectivity index (χ0) is 19.4. The van der Waals surface area contributed by atoms with Gasteiger partial charge in [0.15, 0.2) is 10.2 Å². The van der Waals surface area contributed by atoms with Gasteiger partial charge in [0, 0.05) is 5.56 Å². The fourth-order valence-electron chi connectivity index (χ4n) is 2.28. The number of hydrogen-bond donors (Lipinski definition) is 2. The van der Waals surface area contributed by atoms with Crippen molar-refractivity contribution < 1.29 is 14.3 Å². The van der Waals surface area contributed by atoms with Gasteiger partial charge in [-0.25, -0.2) is 9.78 Å². The van der Waals surface area contributed by atoms with E-state index >= 15 is 0 Å². The molecule has 0 aliphatic heterocycles. The molecule has 0 radical (unpaired) electrons. The number of carbonyl (C=O) groups is 2. The minimum absolute atomic E-state index is 0.155. The van der Waals surface area contributed by atoms with Crippen LogP contribution in [-0.2, 0) is 4.74 Å². The lowest BCUT2D eigenvalue weighted by Gasteiger charge is -2.07. The van der Waals surface area contributed by atoms with Gasteiger partial charge >= 0.3 is 5.97 Å². The highest BCUT2D eigenvalue weighted by Gasteiger charge is 2.13. The summed E-state index contributed by atoms with van der Waals surface area (Å²) in [6.45, 7) is 3.60. The molecule has 3 aromatic rings. The highest BCUT2D eigenvalue weighted by Crippen LogP contribution is 2.27. The topological polar surface area (TPSA) is 80.3 Å². The highest BCUT2D eigenvalue weighted by atomic mass is 32.1. The second kappa shape index (κ2) is 8.24. The first-order chi connectivity index (χ1) is 12.9. The van der Waals surface area contributed by atoms with Crippen molar-refractivity contribution >= 4 is 55.9 Å². The maximum absolute atomic E-state index is 12.1. The third kappa shape index (κ3) is 4.87. The van der Waals surface area contributed by atoms with Gasteiger partial charge in [0.1, 0.15) is 0 Å². The molecule has 0 fully saturated rings. The molecule has 1 heterocycles. The summed E-state index contributed by atoms with van der Waals surface area (Å²) in [6.07, 6.45) is -0.183. The van der Waals surface area contributed by atoms with Gasteiger partial charge in [0.2, 0.25) is 0 Å². The molecule has 0 saturated heterocycles. The molecule has 0 spiro atoms. The standard InChI is InChI=1S/C19H17N3O3S2/c1-11(2)25-17(24)13-8-9-14-15(10-13)27-19(20-14)22-18(26)21-16(23)12-6-4-3-5-7-12/h3-11H,1-2H3,(H2,20,21,22,23,26). The number of amides is 1. The van der Waals surface area contributed by atoms with Crippen molar-refractivity contribution in [3.8, 4) is 0 Å². The number of anilines is 1. The van der Waals surface area contributed by atoms with Crippen LogP contribution in [0.5, 0.6) is 0 Å². The number of hydrogen-bond acceptors (Lipinski definition) is 6. The van der Waals surface area contributed by atoms with E-state index in [1.807, 2.05) is 6.07 Å². The van der Waals surface area contributed by atoms with E-state index in [4.69, 9.17) is 17.0 Å². The summed E-state index contributed by atoms with van der Waals surface area (Å²) >= 11 is 6.51. The highest BCUT2D eigenvalue weighted by molar-refractivity contribution is 7.80. The molecule has 0 saturated carbocycles. The lowest BCUT2D eigenvalue weighted by atomic mass is 10.2.